The quantitative estimate of drug-likeness (QED) is 0.543. The standard InChI is InChI=1S/C22H34F3N5/c1-26-20(27-10-13-30-12-5-11-29(2)14-15-30)28-17-21(8-4-9-21)18-6-3-7-19(16-18)22(23,24)25/h3,6-7,16H,4-5,8-15,17H2,1-2H3,(H2,26,27,28). The number of nitrogens with zero attached hydrogens (tertiary/aromatic N) is 3. The van der Waals surface area contributed by atoms with Gasteiger partial charge in [0.2, 0.25) is 0 Å². The van der Waals surface area contributed by atoms with E-state index < -0.39 is 11.7 Å². The summed E-state index contributed by atoms with van der Waals surface area (Å²) in [6.45, 7) is 6.74. The molecule has 1 saturated carbocycles. The van der Waals surface area contributed by atoms with Crippen LogP contribution in [0, 0.1) is 0 Å². The van der Waals surface area contributed by atoms with Gasteiger partial charge in [-0.3, -0.25) is 4.99 Å². The van der Waals surface area contributed by atoms with Crippen molar-refractivity contribution >= 4 is 5.96 Å². The first-order valence-electron chi connectivity index (χ1n) is 10.9. The molecular formula is C22H34F3N5. The molecule has 30 heavy (non-hydrogen) atoms. The Kier molecular flexibility index (Phi) is 7.63. The molecule has 0 bridgehead atoms. The van der Waals surface area contributed by atoms with Gasteiger partial charge in [0.15, 0.2) is 5.96 Å². The van der Waals surface area contributed by atoms with E-state index in [-0.39, 0.29) is 5.41 Å². The third-order valence-electron chi connectivity index (χ3n) is 6.46. The fraction of sp³-hybridized carbons (Fsp3) is 0.682. The van der Waals surface area contributed by atoms with Crippen LogP contribution < -0.4 is 10.6 Å². The third-order valence-corrected chi connectivity index (χ3v) is 6.46. The summed E-state index contributed by atoms with van der Waals surface area (Å²) in [7, 11) is 3.89. The number of halogens is 3. The average molecular weight is 426 g/mol. The van der Waals surface area contributed by atoms with Crippen LogP contribution in [0.4, 0.5) is 13.2 Å². The summed E-state index contributed by atoms with van der Waals surface area (Å²) in [5, 5.41) is 6.72. The molecule has 1 saturated heterocycles. The van der Waals surface area contributed by atoms with E-state index in [1.165, 1.54) is 18.6 Å². The Bertz CT molecular complexity index is 715. The molecule has 1 aromatic rings. The minimum Gasteiger partial charge on any atom is -0.356 e. The summed E-state index contributed by atoms with van der Waals surface area (Å²) in [6.07, 6.45) is -0.316. The summed E-state index contributed by atoms with van der Waals surface area (Å²) in [5.74, 6) is 0.709. The van der Waals surface area contributed by atoms with Crippen LogP contribution in [0.25, 0.3) is 0 Å². The van der Waals surface area contributed by atoms with Gasteiger partial charge in [0.05, 0.1) is 5.56 Å². The number of rotatable bonds is 6. The Morgan fingerprint density at radius 3 is 2.57 bits per heavy atom. The topological polar surface area (TPSA) is 42.9 Å². The molecule has 2 aliphatic rings. The fourth-order valence-electron chi connectivity index (χ4n) is 4.33. The van der Waals surface area contributed by atoms with E-state index in [0.717, 1.165) is 70.2 Å². The summed E-state index contributed by atoms with van der Waals surface area (Å²) in [4.78, 5) is 9.12. The molecule has 0 atom stereocenters. The van der Waals surface area contributed by atoms with Crippen LogP contribution in [-0.4, -0.2) is 75.7 Å². The van der Waals surface area contributed by atoms with Crippen LogP contribution in [0.5, 0.6) is 0 Å². The van der Waals surface area contributed by atoms with Gasteiger partial charge >= 0.3 is 6.18 Å². The largest absolute Gasteiger partial charge is 0.416 e. The smallest absolute Gasteiger partial charge is 0.356 e. The van der Waals surface area contributed by atoms with Gasteiger partial charge in [-0.2, -0.15) is 13.2 Å². The Balaban J connectivity index is 1.52. The second kappa shape index (κ2) is 10.0. The molecule has 5 nitrogen and oxygen atoms in total. The van der Waals surface area contributed by atoms with E-state index in [2.05, 4.69) is 32.5 Å². The Hall–Kier alpha value is -1.80. The number of alkyl halides is 3. The molecule has 0 aromatic heterocycles. The van der Waals surface area contributed by atoms with Crippen molar-refractivity contribution in [1.29, 1.82) is 0 Å². The first-order chi connectivity index (χ1) is 14.3. The fourth-order valence-corrected chi connectivity index (χ4v) is 4.33. The predicted octanol–water partition coefficient (Wildman–Crippen LogP) is 2.93. The van der Waals surface area contributed by atoms with E-state index in [1.54, 1.807) is 7.05 Å². The lowest BCUT2D eigenvalue weighted by Gasteiger charge is -2.43. The molecule has 1 aromatic carbocycles. The van der Waals surface area contributed by atoms with Crippen LogP contribution in [0.3, 0.4) is 0 Å². The summed E-state index contributed by atoms with van der Waals surface area (Å²) in [5.41, 5.74) is -0.0640. The zero-order valence-corrected chi connectivity index (χ0v) is 18.1. The van der Waals surface area contributed by atoms with E-state index in [1.807, 2.05) is 6.07 Å². The average Bonchev–Trinajstić information content (AvgIpc) is 2.89. The zero-order valence-electron chi connectivity index (χ0n) is 18.1. The highest BCUT2D eigenvalue weighted by Gasteiger charge is 2.40. The first kappa shape index (κ1) is 22.9. The van der Waals surface area contributed by atoms with Crippen LogP contribution in [0.2, 0.25) is 0 Å². The maximum Gasteiger partial charge on any atom is 0.416 e. The van der Waals surface area contributed by atoms with E-state index >= 15 is 0 Å². The number of hydrogen-bond donors (Lipinski definition) is 2. The Morgan fingerprint density at radius 2 is 1.90 bits per heavy atom. The van der Waals surface area contributed by atoms with Crippen molar-refractivity contribution in [3.63, 3.8) is 0 Å². The number of hydrogen-bond acceptors (Lipinski definition) is 3. The van der Waals surface area contributed by atoms with Crippen LogP contribution in [-0.2, 0) is 11.6 Å². The molecule has 2 N–H and O–H groups in total. The Labute approximate surface area is 177 Å². The van der Waals surface area contributed by atoms with Gasteiger partial charge in [-0.25, -0.2) is 0 Å². The number of nitrogens with one attached hydrogen (secondary N) is 2. The molecule has 0 amide bonds. The van der Waals surface area contributed by atoms with Crippen molar-refractivity contribution in [2.75, 3.05) is 59.9 Å². The number of guanidine groups is 1. The summed E-state index contributed by atoms with van der Waals surface area (Å²) >= 11 is 0. The third kappa shape index (κ3) is 5.88. The second-order valence-corrected chi connectivity index (χ2v) is 8.56. The number of benzene rings is 1. The molecule has 0 radical (unpaired) electrons. The first-order valence-corrected chi connectivity index (χ1v) is 10.9. The molecule has 8 heteroatoms. The minimum absolute atomic E-state index is 0.256. The van der Waals surface area contributed by atoms with Gasteiger partial charge < -0.3 is 20.4 Å². The van der Waals surface area contributed by atoms with Crippen molar-refractivity contribution < 1.29 is 13.2 Å². The monoisotopic (exact) mass is 425 g/mol. The molecular weight excluding hydrogens is 391 g/mol. The molecule has 1 heterocycles. The molecule has 1 aliphatic heterocycles. The predicted molar refractivity (Wildman–Crippen MR) is 115 cm³/mol. The molecule has 2 fully saturated rings. The molecule has 3 rings (SSSR count). The van der Waals surface area contributed by atoms with Gasteiger partial charge in [-0.05, 0) is 51.0 Å². The van der Waals surface area contributed by atoms with Crippen molar-refractivity contribution in [3.05, 3.63) is 35.4 Å². The highest BCUT2D eigenvalue weighted by Crippen LogP contribution is 2.44. The lowest BCUT2D eigenvalue weighted by molar-refractivity contribution is -0.137. The maximum absolute atomic E-state index is 13.1. The van der Waals surface area contributed by atoms with E-state index in [4.69, 9.17) is 0 Å². The number of likely N-dealkylation sites (N-methyl/N-ethyl adjacent to an activating group) is 1. The minimum atomic E-state index is -4.31. The number of aliphatic imine (C=N–C) groups is 1. The molecule has 1 aliphatic carbocycles. The van der Waals surface area contributed by atoms with Crippen molar-refractivity contribution in [2.45, 2.75) is 37.3 Å². The van der Waals surface area contributed by atoms with E-state index in [0.29, 0.717) is 12.5 Å². The maximum atomic E-state index is 13.1. The van der Waals surface area contributed by atoms with Crippen molar-refractivity contribution in [3.8, 4) is 0 Å². The lowest BCUT2D eigenvalue weighted by atomic mass is 9.64. The highest BCUT2D eigenvalue weighted by molar-refractivity contribution is 5.79. The molecule has 0 spiro atoms. The van der Waals surface area contributed by atoms with Gasteiger partial charge in [-0.1, -0.05) is 24.6 Å². The van der Waals surface area contributed by atoms with Crippen LogP contribution >= 0.6 is 0 Å². The zero-order chi connectivity index (χ0) is 21.6. The van der Waals surface area contributed by atoms with Crippen LogP contribution in [0.1, 0.15) is 36.8 Å². The van der Waals surface area contributed by atoms with Gasteiger partial charge in [0.25, 0.3) is 0 Å². The normalized spacial score (nSPS) is 21.0. The lowest BCUT2D eigenvalue weighted by Crippen LogP contribution is -2.50. The molecule has 0 unspecified atom stereocenters. The van der Waals surface area contributed by atoms with Gasteiger partial charge in [0.1, 0.15) is 0 Å². The highest BCUT2D eigenvalue weighted by atomic mass is 19.4. The molecule has 168 valence electrons. The van der Waals surface area contributed by atoms with Crippen LogP contribution in [0.15, 0.2) is 29.3 Å². The summed E-state index contributed by atoms with van der Waals surface area (Å²) in [6, 6.07) is 5.80. The SMILES string of the molecule is CN=C(NCCN1CCCN(C)CC1)NCC1(c2cccc(C(F)(F)F)c2)CCC1. The van der Waals surface area contributed by atoms with Gasteiger partial charge in [-0.15, -0.1) is 0 Å². The van der Waals surface area contributed by atoms with Crippen molar-refractivity contribution in [2.24, 2.45) is 4.99 Å². The Morgan fingerprint density at radius 1 is 1.10 bits per heavy atom. The van der Waals surface area contributed by atoms with E-state index in [9.17, 15) is 13.2 Å². The summed E-state index contributed by atoms with van der Waals surface area (Å²) < 4.78 is 39.4. The second-order valence-electron chi connectivity index (χ2n) is 8.56. The van der Waals surface area contributed by atoms with Crippen molar-refractivity contribution in [1.82, 2.24) is 20.4 Å². The van der Waals surface area contributed by atoms with Gasteiger partial charge in [0, 0.05) is 45.2 Å².